The van der Waals surface area contributed by atoms with E-state index < -0.39 is 0 Å². The van der Waals surface area contributed by atoms with Gasteiger partial charge in [0.05, 0.1) is 0 Å². The van der Waals surface area contributed by atoms with E-state index in [4.69, 9.17) is 4.99 Å². The molecule has 25 heavy (non-hydrogen) atoms. The standard InChI is InChI=1S/C19H35N5O/c1-22(2)18(25)14-20-19(21-16-8-4-3-5-9-16)24-13-10-17(15-24)23-11-6-7-12-23/h16-17H,3-15H2,1-2H3,(H,20,21)/t17-/m1/s1. The van der Waals surface area contributed by atoms with Crippen LogP contribution in [0, 0.1) is 0 Å². The van der Waals surface area contributed by atoms with E-state index in [9.17, 15) is 4.79 Å². The molecule has 0 unspecified atom stereocenters. The highest BCUT2D eigenvalue weighted by atomic mass is 16.2. The molecule has 0 radical (unpaired) electrons. The van der Waals surface area contributed by atoms with Gasteiger partial charge in [0.1, 0.15) is 6.54 Å². The number of carbonyl (C=O) groups excluding carboxylic acids is 1. The lowest BCUT2D eigenvalue weighted by Gasteiger charge is -2.30. The summed E-state index contributed by atoms with van der Waals surface area (Å²) in [5, 5.41) is 3.69. The molecule has 1 amide bonds. The molecule has 1 saturated carbocycles. The van der Waals surface area contributed by atoms with Crippen LogP contribution in [0.4, 0.5) is 0 Å². The van der Waals surface area contributed by atoms with Crippen LogP contribution < -0.4 is 5.32 Å². The molecule has 142 valence electrons. The quantitative estimate of drug-likeness (QED) is 0.618. The summed E-state index contributed by atoms with van der Waals surface area (Å²) in [5.41, 5.74) is 0. The summed E-state index contributed by atoms with van der Waals surface area (Å²) in [5.74, 6) is 1.03. The van der Waals surface area contributed by atoms with Gasteiger partial charge in [-0.2, -0.15) is 0 Å². The SMILES string of the molecule is CN(C)C(=O)CN=C(NC1CCCCC1)N1CC[C@@H](N2CCCC2)C1. The minimum Gasteiger partial charge on any atom is -0.353 e. The summed E-state index contributed by atoms with van der Waals surface area (Å²) in [6, 6.07) is 1.18. The van der Waals surface area contributed by atoms with Crippen molar-refractivity contribution in [3.8, 4) is 0 Å². The van der Waals surface area contributed by atoms with Crippen molar-refractivity contribution in [1.29, 1.82) is 0 Å². The molecule has 0 spiro atoms. The van der Waals surface area contributed by atoms with E-state index in [0.29, 0.717) is 12.1 Å². The maximum atomic E-state index is 12.0. The van der Waals surface area contributed by atoms with Crippen molar-refractivity contribution in [1.82, 2.24) is 20.0 Å². The largest absolute Gasteiger partial charge is 0.353 e. The number of nitrogens with one attached hydrogen (secondary N) is 1. The van der Waals surface area contributed by atoms with Crippen molar-refractivity contribution in [2.75, 3.05) is 46.8 Å². The number of nitrogens with zero attached hydrogens (tertiary/aromatic N) is 4. The van der Waals surface area contributed by atoms with E-state index in [1.165, 1.54) is 64.5 Å². The molecule has 2 aliphatic heterocycles. The fraction of sp³-hybridized carbons (Fsp3) is 0.895. The van der Waals surface area contributed by atoms with Gasteiger partial charge in [-0.15, -0.1) is 0 Å². The van der Waals surface area contributed by atoms with Crippen molar-refractivity contribution < 1.29 is 4.79 Å². The summed E-state index contributed by atoms with van der Waals surface area (Å²) in [6.07, 6.45) is 10.3. The van der Waals surface area contributed by atoms with Crippen LogP contribution in [0.5, 0.6) is 0 Å². The van der Waals surface area contributed by atoms with Gasteiger partial charge in [-0.25, -0.2) is 4.99 Å². The molecular formula is C19H35N5O. The van der Waals surface area contributed by atoms with E-state index in [2.05, 4.69) is 15.1 Å². The van der Waals surface area contributed by atoms with Crippen LogP contribution in [0.1, 0.15) is 51.4 Å². The van der Waals surface area contributed by atoms with Gasteiger partial charge in [0.15, 0.2) is 5.96 Å². The Hall–Kier alpha value is -1.30. The van der Waals surface area contributed by atoms with Crippen LogP contribution in [0.25, 0.3) is 0 Å². The van der Waals surface area contributed by atoms with Gasteiger partial charge in [0, 0.05) is 39.3 Å². The monoisotopic (exact) mass is 349 g/mol. The van der Waals surface area contributed by atoms with Crippen molar-refractivity contribution in [3.63, 3.8) is 0 Å². The van der Waals surface area contributed by atoms with Gasteiger partial charge >= 0.3 is 0 Å². The molecule has 0 aromatic rings. The molecule has 6 heteroatoms. The predicted molar refractivity (Wildman–Crippen MR) is 102 cm³/mol. The second-order valence-corrected chi connectivity index (χ2v) is 8.04. The topological polar surface area (TPSA) is 51.2 Å². The molecule has 0 aromatic heterocycles. The summed E-state index contributed by atoms with van der Waals surface area (Å²) in [7, 11) is 3.59. The number of carbonyl (C=O) groups is 1. The third kappa shape index (κ3) is 5.09. The summed E-state index contributed by atoms with van der Waals surface area (Å²) in [4.78, 5) is 23.4. The zero-order valence-corrected chi connectivity index (χ0v) is 16.0. The average Bonchev–Trinajstić information content (AvgIpc) is 3.30. The predicted octanol–water partition coefficient (Wildman–Crippen LogP) is 1.52. The molecule has 6 nitrogen and oxygen atoms in total. The highest BCUT2D eigenvalue weighted by Gasteiger charge is 2.31. The van der Waals surface area contributed by atoms with E-state index in [1.54, 1.807) is 19.0 Å². The second kappa shape index (κ2) is 8.88. The Morgan fingerprint density at radius 1 is 1.04 bits per heavy atom. The lowest BCUT2D eigenvalue weighted by Crippen LogP contribution is -2.47. The fourth-order valence-electron chi connectivity index (χ4n) is 4.29. The number of hydrogen-bond donors (Lipinski definition) is 1. The average molecular weight is 350 g/mol. The van der Waals surface area contributed by atoms with Gasteiger partial charge in [0.25, 0.3) is 0 Å². The van der Waals surface area contributed by atoms with E-state index >= 15 is 0 Å². The summed E-state index contributed by atoms with van der Waals surface area (Å²) >= 11 is 0. The van der Waals surface area contributed by atoms with Crippen LogP contribution in [0.15, 0.2) is 4.99 Å². The molecule has 1 N–H and O–H groups in total. The van der Waals surface area contributed by atoms with Gasteiger partial charge in [0.2, 0.25) is 5.91 Å². The highest BCUT2D eigenvalue weighted by Crippen LogP contribution is 2.22. The van der Waals surface area contributed by atoms with Gasteiger partial charge < -0.3 is 15.1 Å². The highest BCUT2D eigenvalue weighted by molar-refractivity contribution is 5.85. The van der Waals surface area contributed by atoms with E-state index in [-0.39, 0.29) is 12.5 Å². The van der Waals surface area contributed by atoms with Gasteiger partial charge in [-0.05, 0) is 45.2 Å². The van der Waals surface area contributed by atoms with Crippen LogP contribution in [0.3, 0.4) is 0 Å². The number of amides is 1. The maximum Gasteiger partial charge on any atom is 0.243 e. The molecule has 3 aliphatic rings. The smallest absolute Gasteiger partial charge is 0.243 e. The zero-order valence-electron chi connectivity index (χ0n) is 16.0. The molecule has 0 bridgehead atoms. The van der Waals surface area contributed by atoms with Crippen molar-refractivity contribution in [3.05, 3.63) is 0 Å². The Labute approximate surface area is 152 Å². The Balaban J connectivity index is 1.62. The fourth-order valence-corrected chi connectivity index (χ4v) is 4.29. The number of rotatable bonds is 4. The first kappa shape index (κ1) is 18.5. The van der Waals surface area contributed by atoms with Crippen molar-refractivity contribution in [2.45, 2.75) is 63.5 Å². The second-order valence-electron chi connectivity index (χ2n) is 8.04. The van der Waals surface area contributed by atoms with E-state index in [1.807, 2.05) is 0 Å². The number of likely N-dealkylation sites (tertiary alicyclic amines) is 2. The van der Waals surface area contributed by atoms with Crippen molar-refractivity contribution in [2.24, 2.45) is 4.99 Å². The van der Waals surface area contributed by atoms with Gasteiger partial charge in [-0.3, -0.25) is 9.69 Å². The van der Waals surface area contributed by atoms with Crippen LogP contribution >= 0.6 is 0 Å². The third-order valence-electron chi connectivity index (χ3n) is 5.92. The Morgan fingerprint density at radius 3 is 2.44 bits per heavy atom. The van der Waals surface area contributed by atoms with Gasteiger partial charge in [-0.1, -0.05) is 19.3 Å². The Bertz CT molecular complexity index is 466. The van der Waals surface area contributed by atoms with Crippen LogP contribution in [-0.2, 0) is 4.79 Å². The Morgan fingerprint density at radius 2 is 1.76 bits per heavy atom. The van der Waals surface area contributed by atoms with E-state index in [0.717, 1.165) is 19.0 Å². The molecule has 2 heterocycles. The lowest BCUT2D eigenvalue weighted by atomic mass is 9.96. The minimum atomic E-state index is 0.0678. The van der Waals surface area contributed by atoms with Crippen molar-refractivity contribution >= 4 is 11.9 Å². The summed E-state index contributed by atoms with van der Waals surface area (Å²) < 4.78 is 0. The zero-order chi connectivity index (χ0) is 17.6. The molecule has 1 aliphatic carbocycles. The Kier molecular flexibility index (Phi) is 6.57. The van der Waals surface area contributed by atoms with Crippen LogP contribution in [-0.4, -0.2) is 85.5 Å². The first-order valence-electron chi connectivity index (χ1n) is 10.1. The summed E-state index contributed by atoms with van der Waals surface area (Å²) in [6.45, 7) is 4.85. The number of guanidine groups is 1. The maximum absolute atomic E-state index is 12.0. The number of aliphatic imine (C=N–C) groups is 1. The molecule has 2 saturated heterocycles. The first-order chi connectivity index (χ1) is 12.1. The minimum absolute atomic E-state index is 0.0678. The lowest BCUT2D eigenvalue weighted by molar-refractivity contribution is -0.127. The van der Waals surface area contributed by atoms with Crippen LogP contribution in [0.2, 0.25) is 0 Å². The molecular weight excluding hydrogens is 314 g/mol. The third-order valence-corrected chi connectivity index (χ3v) is 5.92. The molecule has 1 atom stereocenters. The molecule has 3 fully saturated rings. The number of likely N-dealkylation sites (N-methyl/N-ethyl adjacent to an activating group) is 1. The first-order valence-corrected chi connectivity index (χ1v) is 10.1. The normalized spacial score (nSPS) is 26.2. The number of hydrogen-bond acceptors (Lipinski definition) is 3. The molecule has 3 rings (SSSR count). The molecule has 0 aromatic carbocycles.